The van der Waals surface area contributed by atoms with Crippen LogP contribution in [0.25, 0.3) is 0 Å². The second-order valence-electron chi connectivity index (χ2n) is 9.71. The first-order chi connectivity index (χ1) is 13.9. The molecule has 1 N–H and O–H groups in total. The third-order valence-electron chi connectivity index (χ3n) is 5.19. The summed E-state index contributed by atoms with van der Waals surface area (Å²) in [5.74, 6) is -1.17. The summed E-state index contributed by atoms with van der Waals surface area (Å²) in [6.07, 6.45) is 0.354. The van der Waals surface area contributed by atoms with Crippen molar-refractivity contribution in [1.82, 2.24) is 5.32 Å². The van der Waals surface area contributed by atoms with Gasteiger partial charge in [0.2, 0.25) is 5.91 Å². The van der Waals surface area contributed by atoms with Crippen molar-refractivity contribution >= 4 is 11.9 Å². The van der Waals surface area contributed by atoms with Crippen LogP contribution in [0.2, 0.25) is 0 Å². The molecule has 0 saturated carbocycles. The molecule has 30 heavy (non-hydrogen) atoms. The van der Waals surface area contributed by atoms with Crippen molar-refractivity contribution in [2.24, 2.45) is 0 Å². The molecule has 0 spiro atoms. The Morgan fingerprint density at radius 1 is 1.13 bits per heavy atom. The molecule has 3 aliphatic heterocycles. The van der Waals surface area contributed by atoms with Crippen LogP contribution in [0.15, 0.2) is 0 Å². The van der Waals surface area contributed by atoms with E-state index in [9.17, 15) is 9.59 Å². The van der Waals surface area contributed by atoms with E-state index < -0.39 is 35.4 Å². The molecule has 3 fully saturated rings. The van der Waals surface area contributed by atoms with Crippen molar-refractivity contribution in [1.29, 1.82) is 0 Å². The van der Waals surface area contributed by atoms with Crippen molar-refractivity contribution in [2.45, 2.75) is 102 Å². The van der Waals surface area contributed by atoms with E-state index in [0.29, 0.717) is 26.1 Å². The Morgan fingerprint density at radius 3 is 2.53 bits per heavy atom. The number of amides is 1. The van der Waals surface area contributed by atoms with Crippen LogP contribution < -0.4 is 5.32 Å². The van der Waals surface area contributed by atoms with Crippen LogP contribution in [-0.4, -0.2) is 73.2 Å². The number of rotatable bonds is 8. The Kier molecular flexibility index (Phi) is 6.79. The maximum absolute atomic E-state index is 11.8. The minimum Gasteiger partial charge on any atom is -0.460 e. The topological polar surface area (TPSA) is 102 Å². The first-order valence-corrected chi connectivity index (χ1v) is 10.6. The zero-order valence-corrected chi connectivity index (χ0v) is 18.8. The van der Waals surface area contributed by atoms with Crippen LogP contribution in [-0.2, 0) is 38.0 Å². The highest BCUT2D eigenvalue weighted by Gasteiger charge is 2.66. The lowest BCUT2D eigenvalue weighted by atomic mass is 9.88. The van der Waals surface area contributed by atoms with Crippen molar-refractivity contribution in [3.8, 4) is 0 Å². The van der Waals surface area contributed by atoms with Gasteiger partial charge >= 0.3 is 5.97 Å². The number of nitrogens with one attached hydrogen (secondary N) is 1. The average Bonchev–Trinajstić information content (AvgIpc) is 3.13. The zero-order chi connectivity index (χ0) is 22.2. The number of hydrogen-bond acceptors (Lipinski definition) is 8. The Balaban J connectivity index is 1.50. The molecule has 3 rings (SSSR count). The van der Waals surface area contributed by atoms with Gasteiger partial charge in [-0.25, -0.2) is 0 Å². The van der Waals surface area contributed by atoms with Crippen LogP contribution in [0, 0.1) is 0 Å². The van der Waals surface area contributed by atoms with Gasteiger partial charge in [-0.2, -0.15) is 0 Å². The van der Waals surface area contributed by atoms with Crippen molar-refractivity contribution in [3.05, 3.63) is 0 Å². The fourth-order valence-electron chi connectivity index (χ4n) is 4.12. The van der Waals surface area contributed by atoms with Crippen LogP contribution in [0.5, 0.6) is 0 Å². The van der Waals surface area contributed by atoms with Gasteiger partial charge in [0, 0.05) is 20.0 Å². The van der Waals surface area contributed by atoms with Gasteiger partial charge in [0.15, 0.2) is 12.1 Å². The van der Waals surface area contributed by atoms with E-state index in [4.69, 9.17) is 28.4 Å². The summed E-state index contributed by atoms with van der Waals surface area (Å²) in [7, 11) is 0. The number of fused-ring (bicyclic) bond motifs is 4. The number of hydrogen-bond donors (Lipinski definition) is 1. The molecule has 0 aliphatic carbocycles. The standard InChI is InChI=1S/C21H35NO8/c1-13(23)22-15-16-17(29-20(5,6)28-16)21(12-26-18(15)30-21)11-25-10-8-7-9-14(24)27-19(2,3)4/h15-18H,7-12H2,1-6H3,(H,22,23)/t15-,16-,17-,18-,21-/m1/s1. The van der Waals surface area contributed by atoms with Gasteiger partial charge in [-0.05, 0) is 47.5 Å². The van der Waals surface area contributed by atoms with Gasteiger partial charge in [0.25, 0.3) is 0 Å². The lowest BCUT2D eigenvalue weighted by Crippen LogP contribution is -2.65. The SMILES string of the molecule is CC(=O)N[C@H]1[C@@H]2OC[C@@](COCCCCC(=O)OC(C)(C)C)(O2)[C@@H]2OC(C)(C)O[C@H]12. The Hall–Kier alpha value is -1.26. The summed E-state index contributed by atoms with van der Waals surface area (Å²) in [5, 5.41) is 2.87. The van der Waals surface area contributed by atoms with Crippen molar-refractivity contribution in [2.75, 3.05) is 19.8 Å². The van der Waals surface area contributed by atoms with Gasteiger partial charge in [-0.15, -0.1) is 0 Å². The average molecular weight is 430 g/mol. The molecule has 3 heterocycles. The molecular formula is C21H35NO8. The highest BCUT2D eigenvalue weighted by atomic mass is 16.8. The number of ether oxygens (including phenoxy) is 6. The Morgan fingerprint density at radius 2 is 1.87 bits per heavy atom. The van der Waals surface area contributed by atoms with Crippen molar-refractivity contribution < 1.29 is 38.0 Å². The second-order valence-corrected chi connectivity index (χ2v) is 9.71. The number of carbonyl (C=O) groups excluding carboxylic acids is 2. The highest BCUT2D eigenvalue weighted by Crippen LogP contribution is 2.46. The van der Waals surface area contributed by atoms with Crippen LogP contribution in [0.1, 0.15) is 60.8 Å². The first kappa shape index (κ1) is 23.4. The highest BCUT2D eigenvalue weighted by molar-refractivity contribution is 5.73. The monoisotopic (exact) mass is 429 g/mol. The fraction of sp³-hybridized carbons (Fsp3) is 0.905. The predicted octanol–water partition coefficient (Wildman–Crippen LogP) is 1.67. The van der Waals surface area contributed by atoms with Gasteiger partial charge in [-0.3, -0.25) is 9.59 Å². The Labute approximate surface area is 178 Å². The van der Waals surface area contributed by atoms with Gasteiger partial charge in [-0.1, -0.05) is 0 Å². The summed E-state index contributed by atoms with van der Waals surface area (Å²) >= 11 is 0. The third-order valence-corrected chi connectivity index (χ3v) is 5.19. The molecule has 0 unspecified atom stereocenters. The van der Waals surface area contributed by atoms with E-state index in [2.05, 4.69) is 5.32 Å². The number of carbonyl (C=O) groups is 2. The van der Waals surface area contributed by atoms with E-state index >= 15 is 0 Å². The quantitative estimate of drug-likeness (QED) is 0.459. The molecular weight excluding hydrogens is 394 g/mol. The maximum Gasteiger partial charge on any atom is 0.306 e. The second kappa shape index (κ2) is 8.70. The largest absolute Gasteiger partial charge is 0.460 e. The summed E-state index contributed by atoms with van der Waals surface area (Å²) in [4.78, 5) is 23.4. The van der Waals surface area contributed by atoms with E-state index in [1.807, 2.05) is 34.6 Å². The maximum atomic E-state index is 11.8. The molecule has 9 nitrogen and oxygen atoms in total. The lowest BCUT2D eigenvalue weighted by Gasteiger charge is -2.42. The molecule has 5 atom stereocenters. The van der Waals surface area contributed by atoms with E-state index in [-0.39, 0.29) is 24.6 Å². The summed E-state index contributed by atoms with van der Waals surface area (Å²) in [6.45, 7) is 11.8. The molecule has 172 valence electrons. The molecule has 3 saturated heterocycles. The molecule has 1 amide bonds. The fourth-order valence-corrected chi connectivity index (χ4v) is 4.12. The zero-order valence-electron chi connectivity index (χ0n) is 18.8. The number of unbranched alkanes of at least 4 members (excludes halogenated alkanes) is 1. The molecule has 0 aromatic carbocycles. The van der Waals surface area contributed by atoms with Gasteiger partial charge in [0.1, 0.15) is 29.5 Å². The molecule has 0 radical (unpaired) electrons. The predicted molar refractivity (Wildman–Crippen MR) is 106 cm³/mol. The van der Waals surface area contributed by atoms with Crippen LogP contribution in [0.3, 0.4) is 0 Å². The summed E-state index contributed by atoms with van der Waals surface area (Å²) in [5.41, 5.74) is -1.25. The minimum absolute atomic E-state index is 0.181. The summed E-state index contributed by atoms with van der Waals surface area (Å²) < 4.78 is 35.4. The van der Waals surface area contributed by atoms with Gasteiger partial charge < -0.3 is 33.7 Å². The molecule has 3 aliphatic rings. The summed E-state index contributed by atoms with van der Waals surface area (Å²) in [6, 6.07) is -0.446. The van der Waals surface area contributed by atoms with Crippen LogP contribution >= 0.6 is 0 Å². The molecule has 0 aromatic rings. The van der Waals surface area contributed by atoms with Gasteiger partial charge in [0.05, 0.1) is 13.2 Å². The van der Waals surface area contributed by atoms with Crippen molar-refractivity contribution in [3.63, 3.8) is 0 Å². The van der Waals surface area contributed by atoms with E-state index in [0.717, 1.165) is 6.42 Å². The normalized spacial score (nSPS) is 34.5. The lowest BCUT2D eigenvalue weighted by molar-refractivity contribution is -0.213. The first-order valence-electron chi connectivity index (χ1n) is 10.6. The molecule has 9 heteroatoms. The van der Waals surface area contributed by atoms with Crippen LogP contribution in [0.4, 0.5) is 0 Å². The smallest absolute Gasteiger partial charge is 0.306 e. The van der Waals surface area contributed by atoms with E-state index in [1.54, 1.807) is 0 Å². The molecule has 0 aromatic heterocycles. The minimum atomic E-state index is -0.791. The van der Waals surface area contributed by atoms with E-state index in [1.165, 1.54) is 6.92 Å². The number of esters is 1. The Bertz CT molecular complexity index is 645. The third kappa shape index (κ3) is 5.50. The molecule has 2 bridgehead atoms.